The third-order valence-corrected chi connectivity index (χ3v) is 5.34. The van der Waals surface area contributed by atoms with Crippen molar-refractivity contribution in [3.63, 3.8) is 0 Å². The van der Waals surface area contributed by atoms with Crippen LogP contribution >= 0.6 is 0 Å². The molecule has 0 radical (unpaired) electrons. The summed E-state index contributed by atoms with van der Waals surface area (Å²) in [4.78, 5) is 24.7. The van der Waals surface area contributed by atoms with Gasteiger partial charge in [-0.2, -0.15) is 0 Å². The number of nitrogens with one attached hydrogen (secondary N) is 1. The topological polar surface area (TPSA) is 83.1 Å². The number of halogens is 1. The smallest absolute Gasteiger partial charge is 0.310 e. The maximum absolute atomic E-state index is 14.1. The van der Waals surface area contributed by atoms with Gasteiger partial charge in [-0.05, 0) is 24.3 Å². The molecule has 3 aromatic rings. The van der Waals surface area contributed by atoms with E-state index >= 15 is 0 Å². The molecule has 2 heterocycles. The molecule has 168 valence electrons. The molecule has 33 heavy (non-hydrogen) atoms. The number of carbonyl (C=O) groups is 2. The van der Waals surface area contributed by atoms with E-state index in [9.17, 15) is 14.0 Å². The Morgan fingerprint density at radius 3 is 2.70 bits per heavy atom. The molecular weight excluding hydrogens is 429 g/mol. The van der Waals surface area contributed by atoms with Crippen LogP contribution in [-0.2, 0) is 32.3 Å². The van der Waals surface area contributed by atoms with Crippen molar-refractivity contribution in [1.82, 2.24) is 0 Å². The SMILES string of the molecule is O=C(C[C@@H]1Oc2ccccc2NC1=O)OCc1cc(F)cc2c1O[C@H](c1ccccc1)OC2. The van der Waals surface area contributed by atoms with Gasteiger partial charge >= 0.3 is 5.97 Å². The molecule has 2 atom stereocenters. The highest BCUT2D eigenvalue weighted by atomic mass is 19.1. The van der Waals surface area contributed by atoms with Crippen molar-refractivity contribution in [3.05, 3.63) is 89.2 Å². The fourth-order valence-corrected chi connectivity index (χ4v) is 3.75. The lowest BCUT2D eigenvalue weighted by Gasteiger charge is -2.28. The molecule has 0 bridgehead atoms. The van der Waals surface area contributed by atoms with Crippen LogP contribution in [0.15, 0.2) is 66.7 Å². The molecule has 0 aromatic heterocycles. The van der Waals surface area contributed by atoms with E-state index in [0.29, 0.717) is 28.3 Å². The first-order valence-electron chi connectivity index (χ1n) is 10.4. The van der Waals surface area contributed by atoms with Gasteiger partial charge in [0.25, 0.3) is 5.91 Å². The quantitative estimate of drug-likeness (QED) is 0.586. The second-order valence-electron chi connectivity index (χ2n) is 7.68. The predicted octanol–water partition coefficient (Wildman–Crippen LogP) is 4.27. The van der Waals surface area contributed by atoms with E-state index in [1.165, 1.54) is 12.1 Å². The van der Waals surface area contributed by atoms with E-state index in [1.807, 2.05) is 30.3 Å². The van der Waals surface area contributed by atoms with E-state index in [4.69, 9.17) is 18.9 Å². The highest BCUT2D eigenvalue weighted by Crippen LogP contribution is 2.37. The molecule has 0 saturated carbocycles. The van der Waals surface area contributed by atoms with Crippen LogP contribution in [0.1, 0.15) is 29.4 Å². The number of esters is 1. The van der Waals surface area contributed by atoms with Crippen molar-refractivity contribution in [1.29, 1.82) is 0 Å². The summed E-state index contributed by atoms with van der Waals surface area (Å²) in [7, 11) is 0. The minimum atomic E-state index is -1.01. The van der Waals surface area contributed by atoms with Gasteiger partial charge in [0.05, 0.1) is 18.7 Å². The number of para-hydroxylation sites is 2. The lowest BCUT2D eigenvalue weighted by atomic mass is 10.1. The summed E-state index contributed by atoms with van der Waals surface area (Å²) in [5.41, 5.74) is 2.27. The molecule has 3 aromatic carbocycles. The fraction of sp³-hybridized carbons (Fsp3) is 0.200. The second kappa shape index (κ2) is 8.91. The van der Waals surface area contributed by atoms with Crippen LogP contribution < -0.4 is 14.8 Å². The van der Waals surface area contributed by atoms with Crippen molar-refractivity contribution >= 4 is 17.6 Å². The van der Waals surface area contributed by atoms with Gasteiger partial charge < -0.3 is 24.3 Å². The zero-order chi connectivity index (χ0) is 22.8. The van der Waals surface area contributed by atoms with E-state index < -0.39 is 30.1 Å². The summed E-state index contributed by atoms with van der Waals surface area (Å²) >= 11 is 0. The minimum absolute atomic E-state index is 0.156. The van der Waals surface area contributed by atoms with Crippen molar-refractivity contribution in [2.75, 3.05) is 5.32 Å². The standard InChI is InChI=1S/C25H20FNO6/c26-18-10-16(23-17(11-18)14-31-25(33-23)15-6-2-1-3-7-15)13-30-22(28)12-21-24(29)27-19-8-4-5-9-20(19)32-21/h1-11,21,25H,12-14H2,(H,27,29)/t21-,25+/m0/s1. The molecule has 7 nitrogen and oxygen atoms in total. The zero-order valence-electron chi connectivity index (χ0n) is 17.5. The Morgan fingerprint density at radius 2 is 1.85 bits per heavy atom. The highest BCUT2D eigenvalue weighted by molar-refractivity contribution is 5.99. The predicted molar refractivity (Wildman–Crippen MR) is 115 cm³/mol. The third-order valence-electron chi connectivity index (χ3n) is 5.34. The first-order chi connectivity index (χ1) is 16.1. The molecule has 0 saturated heterocycles. The summed E-state index contributed by atoms with van der Waals surface area (Å²) in [6.07, 6.45) is -1.95. The second-order valence-corrected chi connectivity index (χ2v) is 7.68. The van der Waals surface area contributed by atoms with Crippen LogP contribution in [0.3, 0.4) is 0 Å². The number of hydrogen-bond acceptors (Lipinski definition) is 6. The maximum atomic E-state index is 14.1. The molecular formula is C25H20FNO6. The van der Waals surface area contributed by atoms with Crippen LogP contribution in [0.2, 0.25) is 0 Å². The van der Waals surface area contributed by atoms with Crippen LogP contribution in [0.25, 0.3) is 0 Å². The number of anilines is 1. The van der Waals surface area contributed by atoms with Crippen molar-refractivity contribution in [2.45, 2.75) is 32.0 Å². The third kappa shape index (κ3) is 4.51. The van der Waals surface area contributed by atoms with Gasteiger partial charge in [0.15, 0.2) is 6.10 Å². The molecule has 0 unspecified atom stereocenters. The largest absolute Gasteiger partial charge is 0.478 e. The van der Waals surface area contributed by atoms with Gasteiger partial charge in [-0.3, -0.25) is 9.59 Å². The summed E-state index contributed by atoms with van der Waals surface area (Å²) in [6, 6.07) is 18.9. The molecule has 1 amide bonds. The van der Waals surface area contributed by atoms with Gasteiger partial charge in [-0.25, -0.2) is 4.39 Å². The van der Waals surface area contributed by atoms with Gasteiger partial charge in [-0.15, -0.1) is 0 Å². The molecule has 8 heteroatoms. The average Bonchev–Trinajstić information content (AvgIpc) is 2.83. The zero-order valence-corrected chi connectivity index (χ0v) is 17.5. The van der Waals surface area contributed by atoms with E-state index in [-0.39, 0.29) is 19.6 Å². The number of rotatable bonds is 5. The number of fused-ring (bicyclic) bond motifs is 2. The van der Waals surface area contributed by atoms with Crippen molar-refractivity contribution in [2.24, 2.45) is 0 Å². The molecule has 0 fully saturated rings. The van der Waals surface area contributed by atoms with Gasteiger partial charge in [0.1, 0.15) is 23.9 Å². The van der Waals surface area contributed by atoms with Crippen molar-refractivity contribution < 1.29 is 32.9 Å². The summed E-state index contributed by atoms with van der Waals surface area (Å²) < 4.78 is 36.8. The number of carbonyl (C=O) groups excluding carboxylic acids is 2. The van der Waals surface area contributed by atoms with Gasteiger partial charge in [0.2, 0.25) is 6.29 Å². The Labute approximate surface area is 189 Å². The summed E-state index contributed by atoms with van der Waals surface area (Å²) in [5, 5.41) is 2.70. The normalized spacial score (nSPS) is 18.8. The van der Waals surface area contributed by atoms with Crippen molar-refractivity contribution in [3.8, 4) is 11.5 Å². The summed E-state index contributed by atoms with van der Waals surface area (Å²) in [6.45, 7) is -0.0611. The first kappa shape index (κ1) is 21.0. The molecule has 5 rings (SSSR count). The maximum Gasteiger partial charge on any atom is 0.310 e. The monoisotopic (exact) mass is 449 g/mol. The van der Waals surface area contributed by atoms with E-state index in [0.717, 1.165) is 5.56 Å². The molecule has 1 N–H and O–H groups in total. The molecule has 2 aliphatic rings. The van der Waals surface area contributed by atoms with E-state index in [1.54, 1.807) is 24.3 Å². The first-order valence-corrected chi connectivity index (χ1v) is 10.4. The fourth-order valence-electron chi connectivity index (χ4n) is 3.75. The van der Waals surface area contributed by atoms with Crippen LogP contribution in [0.4, 0.5) is 10.1 Å². The van der Waals surface area contributed by atoms with Crippen LogP contribution in [0.5, 0.6) is 11.5 Å². The lowest BCUT2D eigenvalue weighted by Crippen LogP contribution is -2.38. The highest BCUT2D eigenvalue weighted by Gasteiger charge is 2.31. The molecule has 0 spiro atoms. The van der Waals surface area contributed by atoms with Gasteiger partial charge in [-0.1, -0.05) is 42.5 Å². The Hall–Kier alpha value is -3.91. The van der Waals surface area contributed by atoms with Gasteiger partial charge in [0, 0.05) is 16.7 Å². The Morgan fingerprint density at radius 1 is 1.06 bits per heavy atom. The molecule has 2 aliphatic heterocycles. The number of hydrogen-bond donors (Lipinski definition) is 1. The average molecular weight is 449 g/mol. The number of benzene rings is 3. The van der Waals surface area contributed by atoms with E-state index in [2.05, 4.69) is 5.32 Å². The Kier molecular flexibility index (Phi) is 5.66. The Balaban J connectivity index is 1.26. The van der Waals surface area contributed by atoms with Crippen LogP contribution in [-0.4, -0.2) is 18.0 Å². The number of amides is 1. The van der Waals surface area contributed by atoms with Crippen LogP contribution in [0, 0.1) is 5.82 Å². The number of ether oxygens (including phenoxy) is 4. The minimum Gasteiger partial charge on any atom is -0.478 e. The lowest BCUT2D eigenvalue weighted by molar-refractivity contribution is -0.149. The molecule has 0 aliphatic carbocycles. The Bertz CT molecular complexity index is 1200. The summed E-state index contributed by atoms with van der Waals surface area (Å²) in [5.74, 6) is -0.671.